The van der Waals surface area contributed by atoms with Crippen LogP contribution in [0.25, 0.3) is 0 Å². The van der Waals surface area contributed by atoms with E-state index in [1.54, 1.807) is 13.1 Å². The van der Waals surface area contributed by atoms with Gasteiger partial charge in [-0.15, -0.1) is 0 Å². The van der Waals surface area contributed by atoms with Crippen molar-refractivity contribution in [3.8, 4) is 0 Å². The van der Waals surface area contributed by atoms with Crippen LogP contribution in [0.5, 0.6) is 0 Å². The first-order valence-corrected chi connectivity index (χ1v) is 7.28. The van der Waals surface area contributed by atoms with Crippen molar-refractivity contribution in [3.05, 3.63) is 29.3 Å². The lowest BCUT2D eigenvalue weighted by Gasteiger charge is -2.06. The van der Waals surface area contributed by atoms with Crippen LogP contribution in [0.3, 0.4) is 0 Å². The fourth-order valence-electron chi connectivity index (χ4n) is 2.10. The Bertz CT molecular complexity index is 480. The molecule has 0 radical (unpaired) electrons. The first-order chi connectivity index (χ1) is 7.63. The summed E-state index contributed by atoms with van der Waals surface area (Å²) in [5, 5.41) is 2.87. The SMILES string of the molecule is CNCCS(=O)(=O)c1ccc2c(c1)CCC2. The van der Waals surface area contributed by atoms with Gasteiger partial charge in [0.1, 0.15) is 0 Å². The van der Waals surface area contributed by atoms with E-state index >= 15 is 0 Å². The van der Waals surface area contributed by atoms with Crippen molar-refractivity contribution >= 4 is 9.84 Å². The highest BCUT2D eigenvalue weighted by Crippen LogP contribution is 2.25. The van der Waals surface area contributed by atoms with Gasteiger partial charge in [0.2, 0.25) is 0 Å². The lowest BCUT2D eigenvalue weighted by molar-refractivity contribution is 0.593. The van der Waals surface area contributed by atoms with Gasteiger partial charge in [0.25, 0.3) is 0 Å². The van der Waals surface area contributed by atoms with E-state index in [0.29, 0.717) is 11.4 Å². The molecule has 0 spiro atoms. The van der Waals surface area contributed by atoms with Gasteiger partial charge in [-0.3, -0.25) is 0 Å². The normalized spacial score (nSPS) is 15.1. The van der Waals surface area contributed by atoms with Gasteiger partial charge in [0.05, 0.1) is 10.6 Å². The molecule has 0 saturated carbocycles. The molecule has 0 atom stereocenters. The molecule has 0 amide bonds. The highest BCUT2D eigenvalue weighted by Gasteiger charge is 2.17. The monoisotopic (exact) mass is 239 g/mol. The fourth-order valence-corrected chi connectivity index (χ4v) is 3.40. The Morgan fingerprint density at radius 1 is 1.25 bits per heavy atom. The van der Waals surface area contributed by atoms with Gasteiger partial charge in [-0.05, 0) is 49.6 Å². The van der Waals surface area contributed by atoms with Gasteiger partial charge in [0, 0.05) is 6.54 Å². The third-order valence-corrected chi connectivity index (χ3v) is 4.76. The predicted molar refractivity (Wildman–Crippen MR) is 64.4 cm³/mol. The van der Waals surface area contributed by atoms with E-state index in [4.69, 9.17) is 0 Å². The van der Waals surface area contributed by atoms with Crippen LogP contribution < -0.4 is 5.32 Å². The molecular weight excluding hydrogens is 222 g/mol. The highest BCUT2D eigenvalue weighted by atomic mass is 32.2. The molecule has 1 aromatic rings. The third kappa shape index (κ3) is 2.28. The van der Waals surface area contributed by atoms with Crippen molar-refractivity contribution in [1.82, 2.24) is 5.32 Å². The van der Waals surface area contributed by atoms with Crippen molar-refractivity contribution < 1.29 is 8.42 Å². The van der Waals surface area contributed by atoms with Gasteiger partial charge >= 0.3 is 0 Å². The topological polar surface area (TPSA) is 46.2 Å². The first-order valence-electron chi connectivity index (χ1n) is 5.62. The average Bonchev–Trinajstić information content (AvgIpc) is 2.73. The molecule has 0 aromatic heterocycles. The minimum atomic E-state index is -3.11. The second-order valence-electron chi connectivity index (χ2n) is 4.21. The second kappa shape index (κ2) is 4.55. The smallest absolute Gasteiger partial charge is 0.179 e. The van der Waals surface area contributed by atoms with Crippen LogP contribution in [0.1, 0.15) is 17.5 Å². The van der Waals surface area contributed by atoms with Crippen molar-refractivity contribution in [2.75, 3.05) is 19.3 Å². The fraction of sp³-hybridized carbons (Fsp3) is 0.500. The predicted octanol–water partition coefficient (Wildman–Crippen LogP) is 1.17. The van der Waals surface area contributed by atoms with E-state index < -0.39 is 9.84 Å². The Labute approximate surface area is 96.8 Å². The molecule has 16 heavy (non-hydrogen) atoms. The summed E-state index contributed by atoms with van der Waals surface area (Å²) in [6.45, 7) is 0.499. The number of rotatable bonds is 4. The van der Waals surface area contributed by atoms with Gasteiger partial charge in [-0.25, -0.2) is 8.42 Å². The van der Waals surface area contributed by atoms with Gasteiger partial charge in [0.15, 0.2) is 9.84 Å². The lowest BCUT2D eigenvalue weighted by Crippen LogP contribution is -2.19. The van der Waals surface area contributed by atoms with Gasteiger partial charge < -0.3 is 5.32 Å². The summed E-state index contributed by atoms with van der Waals surface area (Å²) in [5.74, 6) is 0.169. The van der Waals surface area contributed by atoms with Crippen LogP contribution in [-0.2, 0) is 22.7 Å². The average molecular weight is 239 g/mol. The van der Waals surface area contributed by atoms with Crippen molar-refractivity contribution in [2.24, 2.45) is 0 Å². The Morgan fingerprint density at radius 3 is 2.75 bits per heavy atom. The molecule has 0 saturated heterocycles. The zero-order chi connectivity index (χ0) is 11.6. The summed E-state index contributed by atoms with van der Waals surface area (Å²) in [5.41, 5.74) is 2.53. The summed E-state index contributed by atoms with van der Waals surface area (Å²) in [7, 11) is -1.34. The maximum atomic E-state index is 12.0. The standard InChI is InChI=1S/C12H17NO2S/c1-13-7-8-16(14,15)12-6-5-10-3-2-4-11(10)9-12/h5-6,9,13H,2-4,7-8H2,1H3. The lowest BCUT2D eigenvalue weighted by atomic mass is 10.1. The van der Waals surface area contributed by atoms with Crippen LogP contribution in [-0.4, -0.2) is 27.8 Å². The molecule has 1 aliphatic rings. The van der Waals surface area contributed by atoms with E-state index in [1.165, 1.54) is 11.1 Å². The molecule has 1 aromatic carbocycles. The van der Waals surface area contributed by atoms with Crippen molar-refractivity contribution in [3.63, 3.8) is 0 Å². The minimum Gasteiger partial charge on any atom is -0.319 e. The summed E-state index contributed by atoms with van der Waals surface area (Å²) >= 11 is 0. The molecule has 3 nitrogen and oxygen atoms in total. The summed E-state index contributed by atoms with van der Waals surface area (Å²) in [6.07, 6.45) is 3.26. The second-order valence-corrected chi connectivity index (χ2v) is 6.32. The van der Waals surface area contributed by atoms with Crippen LogP contribution in [0.2, 0.25) is 0 Å². The Kier molecular flexibility index (Phi) is 3.30. The molecule has 0 bridgehead atoms. The Hall–Kier alpha value is -0.870. The maximum Gasteiger partial charge on any atom is 0.179 e. The maximum absolute atomic E-state index is 12.0. The molecule has 2 rings (SSSR count). The molecule has 0 aliphatic heterocycles. The number of aryl methyl sites for hydroxylation is 2. The van der Waals surface area contributed by atoms with E-state index in [9.17, 15) is 8.42 Å². The van der Waals surface area contributed by atoms with Crippen LogP contribution >= 0.6 is 0 Å². The largest absolute Gasteiger partial charge is 0.319 e. The summed E-state index contributed by atoms with van der Waals surface area (Å²) in [4.78, 5) is 0.475. The zero-order valence-electron chi connectivity index (χ0n) is 9.49. The van der Waals surface area contributed by atoms with Crippen LogP contribution in [0.4, 0.5) is 0 Å². The number of hydrogen-bond acceptors (Lipinski definition) is 3. The molecule has 0 heterocycles. The molecule has 88 valence electrons. The molecule has 0 fully saturated rings. The molecular formula is C12H17NO2S. The van der Waals surface area contributed by atoms with E-state index in [-0.39, 0.29) is 5.75 Å². The van der Waals surface area contributed by atoms with Gasteiger partial charge in [-0.2, -0.15) is 0 Å². The number of benzene rings is 1. The van der Waals surface area contributed by atoms with Crippen LogP contribution in [0, 0.1) is 0 Å². The number of hydrogen-bond donors (Lipinski definition) is 1. The van der Waals surface area contributed by atoms with Crippen LogP contribution in [0.15, 0.2) is 23.1 Å². The van der Waals surface area contributed by atoms with E-state index in [0.717, 1.165) is 19.3 Å². The van der Waals surface area contributed by atoms with Crippen molar-refractivity contribution in [2.45, 2.75) is 24.2 Å². The summed E-state index contributed by atoms with van der Waals surface area (Å²) < 4.78 is 23.9. The number of sulfone groups is 1. The van der Waals surface area contributed by atoms with Gasteiger partial charge in [-0.1, -0.05) is 6.07 Å². The molecule has 1 aliphatic carbocycles. The highest BCUT2D eigenvalue weighted by molar-refractivity contribution is 7.91. The van der Waals surface area contributed by atoms with E-state index in [1.807, 2.05) is 12.1 Å². The quantitative estimate of drug-likeness (QED) is 0.858. The molecule has 1 N–H and O–H groups in total. The molecule has 0 unspecified atom stereocenters. The van der Waals surface area contributed by atoms with Crippen molar-refractivity contribution in [1.29, 1.82) is 0 Å². The minimum absolute atomic E-state index is 0.169. The zero-order valence-corrected chi connectivity index (χ0v) is 10.3. The molecule has 4 heteroatoms. The summed E-state index contributed by atoms with van der Waals surface area (Å²) in [6, 6.07) is 5.57. The number of fused-ring (bicyclic) bond motifs is 1. The number of nitrogens with one attached hydrogen (secondary N) is 1. The van der Waals surface area contributed by atoms with E-state index in [2.05, 4.69) is 5.32 Å². The Morgan fingerprint density at radius 2 is 2.00 bits per heavy atom. The first kappa shape index (κ1) is 11.6. The third-order valence-electron chi connectivity index (χ3n) is 3.05. The Balaban J connectivity index is 2.27.